The molecule has 1 saturated heterocycles. The number of benzene rings is 1. The molecule has 0 N–H and O–H groups in total. The highest BCUT2D eigenvalue weighted by Crippen LogP contribution is 2.14. The van der Waals surface area contributed by atoms with Gasteiger partial charge >= 0.3 is 0 Å². The van der Waals surface area contributed by atoms with Gasteiger partial charge in [0.1, 0.15) is 11.9 Å². The van der Waals surface area contributed by atoms with Crippen molar-refractivity contribution < 1.29 is 9.47 Å². The zero-order valence-corrected chi connectivity index (χ0v) is 11.3. The normalized spacial score (nSPS) is 21.8. The first kappa shape index (κ1) is 13.4. The first-order valence-corrected chi connectivity index (χ1v) is 6.76. The Morgan fingerprint density at radius 3 is 2.83 bits per heavy atom. The zero-order valence-electron chi connectivity index (χ0n) is 11.3. The Morgan fingerprint density at radius 2 is 2.11 bits per heavy atom. The van der Waals surface area contributed by atoms with Crippen LogP contribution in [0.15, 0.2) is 30.3 Å². The van der Waals surface area contributed by atoms with Crippen molar-refractivity contribution in [1.29, 1.82) is 0 Å². The molecule has 18 heavy (non-hydrogen) atoms. The summed E-state index contributed by atoms with van der Waals surface area (Å²) < 4.78 is 11.6. The van der Waals surface area contributed by atoms with Gasteiger partial charge in [0, 0.05) is 19.6 Å². The lowest BCUT2D eigenvalue weighted by Gasteiger charge is -2.25. The monoisotopic (exact) mass is 249 g/mol. The summed E-state index contributed by atoms with van der Waals surface area (Å²) >= 11 is 0. The maximum atomic E-state index is 5.98. The summed E-state index contributed by atoms with van der Waals surface area (Å²) in [5.41, 5.74) is 0. The van der Waals surface area contributed by atoms with Gasteiger partial charge in [-0.25, -0.2) is 0 Å². The second-order valence-corrected chi connectivity index (χ2v) is 5.28. The van der Waals surface area contributed by atoms with Crippen LogP contribution in [-0.4, -0.2) is 43.9 Å². The van der Waals surface area contributed by atoms with Gasteiger partial charge in [-0.15, -0.1) is 0 Å². The molecule has 1 aliphatic rings. The SMILES string of the molecule is CC(C)CN1CCOC[C@H](Oc2ccccc2)C1. The van der Waals surface area contributed by atoms with E-state index >= 15 is 0 Å². The van der Waals surface area contributed by atoms with Gasteiger partial charge in [-0.05, 0) is 18.1 Å². The third kappa shape index (κ3) is 4.31. The fourth-order valence-electron chi connectivity index (χ4n) is 2.29. The topological polar surface area (TPSA) is 21.7 Å². The minimum Gasteiger partial charge on any atom is -0.487 e. The van der Waals surface area contributed by atoms with Crippen LogP contribution >= 0.6 is 0 Å². The molecule has 0 radical (unpaired) electrons. The van der Waals surface area contributed by atoms with Crippen LogP contribution in [0.5, 0.6) is 5.75 Å². The fraction of sp³-hybridized carbons (Fsp3) is 0.600. The molecule has 3 nitrogen and oxygen atoms in total. The largest absolute Gasteiger partial charge is 0.487 e. The van der Waals surface area contributed by atoms with Crippen LogP contribution in [0.2, 0.25) is 0 Å². The number of hydrogen-bond acceptors (Lipinski definition) is 3. The molecule has 100 valence electrons. The van der Waals surface area contributed by atoms with Gasteiger partial charge in [-0.1, -0.05) is 32.0 Å². The van der Waals surface area contributed by atoms with Gasteiger partial charge < -0.3 is 9.47 Å². The quantitative estimate of drug-likeness (QED) is 0.818. The van der Waals surface area contributed by atoms with Crippen LogP contribution < -0.4 is 4.74 Å². The summed E-state index contributed by atoms with van der Waals surface area (Å²) in [4.78, 5) is 2.44. The van der Waals surface area contributed by atoms with Gasteiger partial charge in [0.05, 0.1) is 13.2 Å². The maximum absolute atomic E-state index is 5.98. The summed E-state index contributed by atoms with van der Waals surface area (Å²) in [5, 5.41) is 0. The van der Waals surface area contributed by atoms with E-state index in [2.05, 4.69) is 18.7 Å². The second-order valence-electron chi connectivity index (χ2n) is 5.28. The molecule has 1 atom stereocenters. The summed E-state index contributed by atoms with van der Waals surface area (Å²) in [5.74, 6) is 1.61. The summed E-state index contributed by atoms with van der Waals surface area (Å²) in [6, 6.07) is 9.99. The van der Waals surface area contributed by atoms with Crippen LogP contribution in [0.1, 0.15) is 13.8 Å². The van der Waals surface area contributed by atoms with Crippen molar-refractivity contribution in [2.75, 3.05) is 32.8 Å². The third-order valence-electron chi connectivity index (χ3n) is 2.99. The highest BCUT2D eigenvalue weighted by molar-refractivity contribution is 5.21. The minimum atomic E-state index is 0.133. The highest BCUT2D eigenvalue weighted by Gasteiger charge is 2.20. The Balaban J connectivity index is 1.91. The van der Waals surface area contributed by atoms with Crippen molar-refractivity contribution in [2.45, 2.75) is 20.0 Å². The first-order chi connectivity index (χ1) is 8.74. The molecule has 0 saturated carbocycles. The van der Waals surface area contributed by atoms with E-state index in [1.54, 1.807) is 0 Å². The van der Waals surface area contributed by atoms with Crippen molar-refractivity contribution in [1.82, 2.24) is 4.90 Å². The molecule has 1 aromatic carbocycles. The molecule has 0 aliphatic carbocycles. The van der Waals surface area contributed by atoms with Crippen LogP contribution in [0.4, 0.5) is 0 Å². The molecule has 0 amide bonds. The predicted molar refractivity (Wildman–Crippen MR) is 73.0 cm³/mol. The van der Waals surface area contributed by atoms with Gasteiger partial charge in [0.2, 0.25) is 0 Å². The van der Waals surface area contributed by atoms with Crippen molar-refractivity contribution >= 4 is 0 Å². The Morgan fingerprint density at radius 1 is 1.33 bits per heavy atom. The minimum absolute atomic E-state index is 0.133. The molecular weight excluding hydrogens is 226 g/mol. The van der Waals surface area contributed by atoms with Gasteiger partial charge in [-0.3, -0.25) is 4.90 Å². The van der Waals surface area contributed by atoms with E-state index in [1.807, 2.05) is 30.3 Å². The lowest BCUT2D eigenvalue weighted by atomic mass is 10.2. The van der Waals surface area contributed by atoms with Crippen molar-refractivity contribution in [2.24, 2.45) is 5.92 Å². The molecule has 0 bridgehead atoms. The van der Waals surface area contributed by atoms with Gasteiger partial charge in [0.25, 0.3) is 0 Å². The van der Waals surface area contributed by atoms with E-state index in [0.717, 1.165) is 32.0 Å². The maximum Gasteiger partial charge on any atom is 0.135 e. The number of rotatable bonds is 4. The first-order valence-electron chi connectivity index (χ1n) is 6.76. The molecule has 3 heteroatoms. The van der Waals surface area contributed by atoms with E-state index in [0.29, 0.717) is 12.5 Å². The standard InChI is InChI=1S/C15H23NO2/c1-13(2)10-16-8-9-17-12-15(11-16)18-14-6-4-3-5-7-14/h3-7,13,15H,8-12H2,1-2H3/t15-/m1/s1. The Labute approximate surface area is 110 Å². The molecule has 0 aromatic heterocycles. The molecule has 1 heterocycles. The summed E-state index contributed by atoms with van der Waals surface area (Å²) in [6.07, 6.45) is 0.133. The van der Waals surface area contributed by atoms with E-state index < -0.39 is 0 Å². The van der Waals surface area contributed by atoms with Crippen LogP contribution in [-0.2, 0) is 4.74 Å². The zero-order chi connectivity index (χ0) is 12.8. The third-order valence-corrected chi connectivity index (χ3v) is 2.99. The number of hydrogen-bond donors (Lipinski definition) is 0. The highest BCUT2D eigenvalue weighted by atomic mass is 16.5. The van der Waals surface area contributed by atoms with Gasteiger partial charge in [-0.2, -0.15) is 0 Å². The second kappa shape index (κ2) is 6.76. The fourth-order valence-corrected chi connectivity index (χ4v) is 2.29. The van der Waals surface area contributed by atoms with E-state index in [4.69, 9.17) is 9.47 Å². The van der Waals surface area contributed by atoms with Crippen molar-refractivity contribution in [3.63, 3.8) is 0 Å². The lowest BCUT2D eigenvalue weighted by molar-refractivity contribution is 0.0709. The molecular formula is C15H23NO2. The lowest BCUT2D eigenvalue weighted by Crippen LogP contribution is -2.38. The van der Waals surface area contributed by atoms with E-state index in [-0.39, 0.29) is 6.10 Å². The van der Waals surface area contributed by atoms with Gasteiger partial charge in [0.15, 0.2) is 0 Å². The molecule has 0 spiro atoms. The molecule has 2 rings (SSSR count). The predicted octanol–water partition coefficient (Wildman–Crippen LogP) is 2.42. The van der Waals surface area contributed by atoms with Crippen LogP contribution in [0.3, 0.4) is 0 Å². The smallest absolute Gasteiger partial charge is 0.135 e. The molecule has 1 fully saturated rings. The van der Waals surface area contributed by atoms with Crippen LogP contribution in [0, 0.1) is 5.92 Å². The van der Waals surface area contributed by atoms with E-state index in [1.165, 1.54) is 0 Å². The molecule has 1 aliphatic heterocycles. The Kier molecular flexibility index (Phi) is 5.02. The average molecular weight is 249 g/mol. The van der Waals surface area contributed by atoms with Crippen molar-refractivity contribution in [3.8, 4) is 5.75 Å². The Hall–Kier alpha value is -1.06. The number of ether oxygens (including phenoxy) is 2. The summed E-state index contributed by atoms with van der Waals surface area (Å²) in [7, 11) is 0. The number of nitrogens with zero attached hydrogens (tertiary/aromatic N) is 1. The van der Waals surface area contributed by atoms with E-state index in [9.17, 15) is 0 Å². The average Bonchev–Trinajstić information content (AvgIpc) is 2.55. The van der Waals surface area contributed by atoms with Crippen molar-refractivity contribution in [3.05, 3.63) is 30.3 Å². The summed E-state index contributed by atoms with van der Waals surface area (Å²) in [6.45, 7) is 9.06. The van der Waals surface area contributed by atoms with Crippen LogP contribution in [0.25, 0.3) is 0 Å². The Bertz CT molecular complexity index is 340. The molecule has 1 aromatic rings. The molecule has 0 unspecified atom stereocenters. The number of para-hydroxylation sites is 1.